The number of nitrogens with two attached hydrogens (primary N) is 2. The lowest BCUT2D eigenvalue weighted by atomic mass is 10.1. The Morgan fingerprint density at radius 3 is 2.29 bits per heavy atom. The zero-order valence-corrected chi connectivity index (χ0v) is 9.90. The van der Waals surface area contributed by atoms with Gasteiger partial charge in [0.1, 0.15) is 0 Å². The highest BCUT2D eigenvalue weighted by Gasteiger charge is 1.95. The fourth-order valence-corrected chi connectivity index (χ4v) is 1.79. The molecule has 0 aliphatic rings. The standard InChI is InChI=1S/C15H16N2/c1-10-7-14(16)5-3-12(10)9-13-4-6-15(17)8-11(13)2/h3-9H,1,16-17H2,2H3/b12-9-. The van der Waals surface area contributed by atoms with Gasteiger partial charge in [-0.3, -0.25) is 0 Å². The van der Waals surface area contributed by atoms with Crippen LogP contribution in [0.5, 0.6) is 0 Å². The van der Waals surface area contributed by atoms with Crippen LogP contribution >= 0.6 is 0 Å². The van der Waals surface area contributed by atoms with Crippen molar-refractivity contribution in [3.8, 4) is 0 Å². The van der Waals surface area contributed by atoms with Gasteiger partial charge in [0.25, 0.3) is 0 Å². The van der Waals surface area contributed by atoms with Crippen LogP contribution in [0.25, 0.3) is 12.7 Å². The summed E-state index contributed by atoms with van der Waals surface area (Å²) in [4.78, 5) is 0. The minimum Gasteiger partial charge on any atom is -0.399 e. The second-order valence-corrected chi connectivity index (χ2v) is 4.22. The Morgan fingerprint density at radius 2 is 1.65 bits per heavy atom. The summed E-state index contributed by atoms with van der Waals surface area (Å²) >= 11 is 0. The van der Waals surface area contributed by atoms with Crippen LogP contribution in [0, 0.1) is 6.92 Å². The molecular formula is C15H16N2. The van der Waals surface area contributed by atoms with E-state index in [4.69, 9.17) is 11.5 Å². The molecule has 0 spiro atoms. The summed E-state index contributed by atoms with van der Waals surface area (Å²) in [6.07, 6.45) is 2.09. The number of rotatable bonds is 1. The molecule has 2 nitrogen and oxygen atoms in total. The molecule has 86 valence electrons. The predicted octanol–water partition coefficient (Wildman–Crippen LogP) is 1.40. The van der Waals surface area contributed by atoms with E-state index in [9.17, 15) is 0 Å². The Bertz CT molecular complexity index is 657. The summed E-state index contributed by atoms with van der Waals surface area (Å²) < 4.78 is 0. The van der Waals surface area contributed by atoms with Crippen molar-refractivity contribution in [3.63, 3.8) is 0 Å². The molecule has 17 heavy (non-hydrogen) atoms. The first-order valence-electron chi connectivity index (χ1n) is 5.48. The summed E-state index contributed by atoms with van der Waals surface area (Å²) in [6.45, 7) is 6.03. The Hall–Kier alpha value is -2.22. The normalized spacial score (nSPS) is 11.7. The molecule has 0 aliphatic carbocycles. The average Bonchev–Trinajstić information content (AvgIpc) is 2.25. The van der Waals surface area contributed by atoms with Crippen molar-refractivity contribution in [3.05, 3.63) is 58.0 Å². The van der Waals surface area contributed by atoms with Gasteiger partial charge in [0, 0.05) is 11.4 Å². The Kier molecular flexibility index (Phi) is 2.88. The van der Waals surface area contributed by atoms with Gasteiger partial charge in [-0.2, -0.15) is 0 Å². The second kappa shape index (κ2) is 4.34. The van der Waals surface area contributed by atoms with Crippen LogP contribution in [0.2, 0.25) is 0 Å². The maximum Gasteiger partial charge on any atom is 0.0320 e. The van der Waals surface area contributed by atoms with Crippen molar-refractivity contribution < 1.29 is 0 Å². The quantitative estimate of drug-likeness (QED) is 0.719. The fourth-order valence-electron chi connectivity index (χ4n) is 1.79. The third-order valence-corrected chi connectivity index (χ3v) is 2.77. The first-order valence-corrected chi connectivity index (χ1v) is 5.48. The van der Waals surface area contributed by atoms with Gasteiger partial charge in [0.05, 0.1) is 0 Å². The van der Waals surface area contributed by atoms with Crippen LogP contribution in [0.4, 0.5) is 11.4 Å². The number of hydrogen-bond donors (Lipinski definition) is 2. The lowest BCUT2D eigenvalue weighted by molar-refractivity contribution is 1.43. The van der Waals surface area contributed by atoms with Crippen molar-refractivity contribution >= 4 is 24.0 Å². The van der Waals surface area contributed by atoms with Crippen molar-refractivity contribution in [1.29, 1.82) is 0 Å². The fraction of sp³-hybridized carbons (Fsp3) is 0.0667. The molecule has 0 saturated carbocycles. The molecule has 0 atom stereocenters. The summed E-state index contributed by atoms with van der Waals surface area (Å²) in [5, 5.41) is 2.01. The van der Waals surface area contributed by atoms with E-state index in [1.165, 1.54) is 0 Å². The molecular weight excluding hydrogens is 208 g/mol. The number of aryl methyl sites for hydroxylation is 1. The summed E-state index contributed by atoms with van der Waals surface area (Å²) in [5.74, 6) is 0. The minimum atomic E-state index is 0.737. The molecule has 2 heteroatoms. The molecule has 2 aromatic rings. The molecule has 0 unspecified atom stereocenters. The molecule has 0 aromatic heterocycles. The summed E-state index contributed by atoms with van der Waals surface area (Å²) in [7, 11) is 0. The summed E-state index contributed by atoms with van der Waals surface area (Å²) in [6, 6.07) is 11.6. The van der Waals surface area contributed by atoms with Crippen LogP contribution in [0.3, 0.4) is 0 Å². The third kappa shape index (κ3) is 2.48. The molecule has 2 rings (SSSR count). The smallest absolute Gasteiger partial charge is 0.0320 e. The lowest BCUT2D eigenvalue weighted by Crippen LogP contribution is -2.23. The zero-order valence-electron chi connectivity index (χ0n) is 9.90. The first-order chi connectivity index (χ1) is 8.06. The predicted molar refractivity (Wildman–Crippen MR) is 74.8 cm³/mol. The van der Waals surface area contributed by atoms with Gasteiger partial charge in [-0.05, 0) is 58.8 Å². The van der Waals surface area contributed by atoms with Crippen molar-refractivity contribution in [1.82, 2.24) is 0 Å². The SMILES string of the molecule is C=c1cc(N)cc/c1=C/c1ccc(N)cc1C. The molecule has 0 fully saturated rings. The third-order valence-electron chi connectivity index (χ3n) is 2.77. The highest BCUT2D eigenvalue weighted by molar-refractivity contribution is 5.58. The second-order valence-electron chi connectivity index (χ2n) is 4.22. The number of anilines is 2. The molecule has 0 aliphatic heterocycles. The van der Waals surface area contributed by atoms with Crippen LogP contribution in [0.1, 0.15) is 11.1 Å². The van der Waals surface area contributed by atoms with Gasteiger partial charge in [0.15, 0.2) is 0 Å². The summed E-state index contributed by atoms with van der Waals surface area (Å²) in [5.41, 5.74) is 15.3. The van der Waals surface area contributed by atoms with E-state index in [0.717, 1.165) is 32.9 Å². The Labute approximate surface area is 101 Å². The van der Waals surface area contributed by atoms with Crippen molar-refractivity contribution in [2.45, 2.75) is 6.92 Å². The maximum atomic E-state index is 5.73. The lowest BCUT2D eigenvalue weighted by Gasteiger charge is -2.02. The molecule has 0 radical (unpaired) electrons. The number of nitrogen functional groups attached to an aromatic ring is 2. The van der Waals surface area contributed by atoms with Crippen LogP contribution < -0.4 is 21.9 Å². The van der Waals surface area contributed by atoms with E-state index in [2.05, 4.69) is 12.7 Å². The monoisotopic (exact) mass is 224 g/mol. The van der Waals surface area contributed by atoms with E-state index in [0.29, 0.717) is 0 Å². The maximum absolute atomic E-state index is 5.73. The molecule has 0 heterocycles. The molecule has 0 amide bonds. The topological polar surface area (TPSA) is 52.0 Å². The molecule has 0 saturated heterocycles. The number of hydrogen-bond acceptors (Lipinski definition) is 2. The Balaban J connectivity index is 2.59. The van der Waals surface area contributed by atoms with E-state index in [-0.39, 0.29) is 0 Å². The van der Waals surface area contributed by atoms with E-state index in [1.54, 1.807) is 0 Å². The highest BCUT2D eigenvalue weighted by Crippen LogP contribution is 2.12. The van der Waals surface area contributed by atoms with Gasteiger partial charge in [-0.1, -0.05) is 18.7 Å². The zero-order chi connectivity index (χ0) is 12.4. The van der Waals surface area contributed by atoms with E-state index in [1.807, 2.05) is 43.3 Å². The van der Waals surface area contributed by atoms with Crippen LogP contribution in [-0.2, 0) is 0 Å². The van der Waals surface area contributed by atoms with Crippen molar-refractivity contribution in [2.75, 3.05) is 11.5 Å². The van der Waals surface area contributed by atoms with Gasteiger partial charge in [-0.25, -0.2) is 0 Å². The van der Waals surface area contributed by atoms with Gasteiger partial charge in [0.2, 0.25) is 0 Å². The van der Waals surface area contributed by atoms with E-state index >= 15 is 0 Å². The molecule has 0 bridgehead atoms. The molecule has 2 aromatic carbocycles. The Morgan fingerprint density at radius 1 is 1.00 bits per heavy atom. The average molecular weight is 224 g/mol. The largest absolute Gasteiger partial charge is 0.399 e. The van der Waals surface area contributed by atoms with Gasteiger partial charge in [-0.15, -0.1) is 0 Å². The van der Waals surface area contributed by atoms with Gasteiger partial charge < -0.3 is 11.5 Å². The van der Waals surface area contributed by atoms with Crippen LogP contribution in [-0.4, -0.2) is 0 Å². The highest BCUT2D eigenvalue weighted by atomic mass is 14.5. The van der Waals surface area contributed by atoms with E-state index < -0.39 is 0 Å². The first kappa shape index (κ1) is 11.3. The van der Waals surface area contributed by atoms with Crippen LogP contribution in [0.15, 0.2) is 36.4 Å². The van der Waals surface area contributed by atoms with Gasteiger partial charge >= 0.3 is 0 Å². The molecule has 4 N–H and O–H groups in total. The minimum absolute atomic E-state index is 0.737. The number of benzene rings is 2. The van der Waals surface area contributed by atoms with Crippen molar-refractivity contribution in [2.24, 2.45) is 0 Å².